The Kier molecular flexibility index (Phi) is 19.1. The predicted molar refractivity (Wildman–Crippen MR) is 349 cm³/mol. The number of halogens is 2. The summed E-state index contributed by atoms with van der Waals surface area (Å²) in [4.78, 5) is 34.5. The molecule has 6 heterocycles. The van der Waals surface area contributed by atoms with E-state index in [0.717, 1.165) is 137 Å². The van der Waals surface area contributed by atoms with Crippen LogP contribution in [0.2, 0.25) is 0 Å². The van der Waals surface area contributed by atoms with E-state index in [-0.39, 0.29) is 5.75 Å². The summed E-state index contributed by atoms with van der Waals surface area (Å²) in [7, 11) is 13.9. The predicted octanol–water partition coefficient (Wildman–Crippen LogP) is 13.2. The number of aryl methyl sites for hydroxylation is 3. The summed E-state index contributed by atoms with van der Waals surface area (Å²) in [6.07, 6.45) is 18.7. The van der Waals surface area contributed by atoms with Gasteiger partial charge in [-0.15, -0.1) is 0 Å². The fraction of sp³-hybridized carbons (Fsp3) is 0.250. The van der Waals surface area contributed by atoms with Crippen molar-refractivity contribution in [1.82, 2.24) is 59.2 Å². The molecular weight excluding hydrogens is 1160 g/mol. The van der Waals surface area contributed by atoms with Crippen LogP contribution in [-0.2, 0) is 25.9 Å². The molecule has 13 rings (SSSR count). The lowest BCUT2D eigenvalue weighted by molar-refractivity contribution is -0.0498. The van der Waals surface area contributed by atoms with Crippen molar-refractivity contribution in [2.24, 2.45) is 27.1 Å². The zero-order valence-corrected chi connectivity index (χ0v) is 52.0. The summed E-state index contributed by atoms with van der Waals surface area (Å²) in [5.74, 6) is 3.66. The van der Waals surface area contributed by atoms with Crippen LogP contribution in [0.25, 0.3) is 66.9 Å². The van der Waals surface area contributed by atoms with Crippen molar-refractivity contribution < 1.29 is 37.2 Å². The number of hydrogen-bond donors (Lipinski definition) is 0. The molecule has 1 aliphatic rings. The molecule has 0 spiro atoms. The molecule has 0 atom stereocenters. The molecule has 12 aromatic rings. The first kappa shape index (κ1) is 61.8. The second kappa shape index (κ2) is 28.1. The van der Waals surface area contributed by atoms with Gasteiger partial charge in [0.1, 0.15) is 28.7 Å². The molecule has 0 amide bonds. The van der Waals surface area contributed by atoms with Crippen molar-refractivity contribution in [3.8, 4) is 62.5 Å². The van der Waals surface area contributed by atoms with Crippen LogP contribution in [0.15, 0.2) is 171 Å². The Balaban J connectivity index is 0.000000140. The number of alkyl halides is 2. The molecule has 0 unspecified atom stereocenters. The van der Waals surface area contributed by atoms with Gasteiger partial charge in [-0.2, -0.15) is 24.1 Å². The van der Waals surface area contributed by atoms with Gasteiger partial charge in [-0.05, 0) is 92.4 Å². The first-order valence-corrected chi connectivity index (χ1v) is 29.4. The quantitative estimate of drug-likeness (QED) is 0.0658. The summed E-state index contributed by atoms with van der Waals surface area (Å²) < 4.78 is 62.3. The van der Waals surface area contributed by atoms with Crippen molar-refractivity contribution in [1.29, 1.82) is 0 Å². The molecule has 0 bridgehead atoms. The van der Waals surface area contributed by atoms with E-state index < -0.39 is 6.61 Å². The average Bonchev–Trinajstić information content (AvgIpc) is 1.49. The first-order chi connectivity index (χ1) is 44.3. The number of benzene rings is 6. The topological polar surface area (TPSA) is 196 Å². The van der Waals surface area contributed by atoms with Gasteiger partial charge >= 0.3 is 6.61 Å². The Morgan fingerprint density at radius 2 is 0.846 bits per heavy atom. The molecule has 6 aromatic carbocycles. The lowest BCUT2D eigenvalue weighted by Gasteiger charge is -2.26. The fourth-order valence-corrected chi connectivity index (χ4v) is 10.3. The van der Waals surface area contributed by atoms with Gasteiger partial charge in [0.15, 0.2) is 0 Å². The Morgan fingerprint density at radius 1 is 0.451 bits per heavy atom. The minimum absolute atomic E-state index is 0.146. The van der Waals surface area contributed by atoms with Gasteiger partial charge in [0, 0.05) is 160 Å². The van der Waals surface area contributed by atoms with Crippen molar-refractivity contribution in [3.05, 3.63) is 171 Å². The fourth-order valence-electron chi connectivity index (χ4n) is 10.3. The molecule has 1 fully saturated rings. The molecule has 0 radical (unpaired) electrons. The van der Waals surface area contributed by atoms with Crippen molar-refractivity contribution in [2.45, 2.75) is 26.4 Å². The van der Waals surface area contributed by atoms with Crippen LogP contribution in [0.3, 0.4) is 0 Å². The van der Waals surface area contributed by atoms with Crippen LogP contribution in [0.4, 0.5) is 42.9 Å². The van der Waals surface area contributed by atoms with Gasteiger partial charge in [0.2, 0.25) is 0 Å². The van der Waals surface area contributed by atoms with Crippen LogP contribution in [0.5, 0.6) is 28.7 Å². The third kappa shape index (κ3) is 15.0. The highest BCUT2D eigenvalue weighted by Gasteiger charge is 2.26. The molecule has 466 valence electrons. The van der Waals surface area contributed by atoms with Crippen LogP contribution >= 0.6 is 0 Å². The lowest BCUT2D eigenvalue weighted by Crippen LogP contribution is -2.22. The monoisotopic (exact) mass is 1230 g/mol. The smallest absolute Gasteiger partial charge is 0.387 e. The highest BCUT2D eigenvalue weighted by molar-refractivity contribution is 5.85. The van der Waals surface area contributed by atoms with Crippen LogP contribution in [0, 0.1) is 5.92 Å². The van der Waals surface area contributed by atoms with E-state index in [1.54, 1.807) is 98.9 Å². The summed E-state index contributed by atoms with van der Waals surface area (Å²) in [5.41, 5.74) is 15.6. The zero-order valence-electron chi connectivity index (χ0n) is 52.0. The number of nitrogens with zero attached hydrogens (tertiary/aromatic N) is 15. The second-order valence-corrected chi connectivity index (χ2v) is 21.5. The summed E-state index contributed by atoms with van der Waals surface area (Å²) >= 11 is 0. The third-order valence-corrected chi connectivity index (χ3v) is 15.1. The minimum atomic E-state index is -2.85. The van der Waals surface area contributed by atoms with E-state index in [1.807, 2.05) is 125 Å². The van der Waals surface area contributed by atoms with E-state index in [2.05, 4.69) is 68.7 Å². The number of anilines is 6. The number of methoxy groups -OCH3 is 5. The molecule has 1 saturated carbocycles. The molecule has 0 N–H and O–H groups in total. The van der Waals surface area contributed by atoms with E-state index in [0.29, 0.717) is 19.1 Å². The molecule has 91 heavy (non-hydrogen) atoms. The first-order valence-electron chi connectivity index (χ1n) is 29.4. The number of ether oxygens (including phenoxy) is 6. The van der Waals surface area contributed by atoms with Gasteiger partial charge in [0.25, 0.3) is 0 Å². The molecular formula is C68H69F2N15O6. The Morgan fingerprint density at radius 3 is 1.22 bits per heavy atom. The summed E-state index contributed by atoms with van der Waals surface area (Å²) in [6.45, 7) is 2.03. The van der Waals surface area contributed by atoms with Crippen LogP contribution in [-0.4, -0.2) is 128 Å². The molecule has 23 heteroatoms. The van der Waals surface area contributed by atoms with Crippen molar-refractivity contribution >= 4 is 67.2 Å². The summed E-state index contributed by atoms with van der Waals surface area (Å²) in [6, 6.07) is 36.5. The van der Waals surface area contributed by atoms with E-state index in [9.17, 15) is 8.78 Å². The number of hydrogen-bond acceptors (Lipinski definition) is 18. The number of aromatic nitrogens is 12. The maximum absolute atomic E-state index is 12.7. The molecule has 0 aliphatic heterocycles. The van der Waals surface area contributed by atoms with Crippen LogP contribution < -0.4 is 38.4 Å². The van der Waals surface area contributed by atoms with Crippen molar-refractivity contribution in [2.75, 3.05) is 76.5 Å². The second-order valence-electron chi connectivity index (χ2n) is 21.5. The standard InChI is InChI=1S/C23H21F2N5O.C23H25N5O3.C22H23N5O2/c1-29-14-16(11-27-29)22-12-26-20-8-7-18(10-21(20)28-22)30(13-15-5-6-15)17-3-2-4-19(9-17)31-23(24)25;1-27-15-16(13-25-27)23-14-24-21-6-5-17(11-22(21)26-23)28(7-8-29-2)18-9-19(30-3)12-20(10-18)31-4;1-5-27(17-8-18(28-3)11-19(9-17)29-4)16-6-7-20-21(10-16)25-22(13-23-20)15-12-24-26(2)14-15/h2-4,7-12,14-15,23H,5-6,13H2,1H3;5-6,9-15H,7-8H2,1-4H3;6-14H,5H2,1-4H3. The Labute approximate surface area is 525 Å². The maximum atomic E-state index is 12.7. The van der Waals surface area contributed by atoms with E-state index in [4.69, 9.17) is 38.6 Å². The van der Waals surface area contributed by atoms with Gasteiger partial charge in [-0.3, -0.25) is 29.0 Å². The Bertz CT molecular complexity index is 4420. The maximum Gasteiger partial charge on any atom is 0.387 e. The normalized spacial score (nSPS) is 11.9. The molecule has 0 saturated heterocycles. The van der Waals surface area contributed by atoms with Gasteiger partial charge in [-0.25, -0.2) is 15.0 Å². The molecule has 1 aliphatic carbocycles. The van der Waals surface area contributed by atoms with Gasteiger partial charge in [0.05, 0.1) is 122 Å². The highest BCUT2D eigenvalue weighted by Crippen LogP contribution is 2.39. The van der Waals surface area contributed by atoms with Crippen molar-refractivity contribution in [3.63, 3.8) is 0 Å². The van der Waals surface area contributed by atoms with Crippen LogP contribution in [0.1, 0.15) is 19.8 Å². The average molecular weight is 1230 g/mol. The minimum Gasteiger partial charge on any atom is -0.497 e. The SMILES string of the molecule is CCN(c1cc(OC)cc(OC)c1)c1ccc2ncc(-c3cnn(C)c3)nc2c1.COCCN(c1cc(OC)cc(OC)c1)c1ccc2ncc(-c3cnn(C)c3)nc2c1.Cn1cc(-c2cnc3ccc(N(CC4CC4)c4cccc(OC(F)F)c4)cc3n2)cn1. The largest absolute Gasteiger partial charge is 0.497 e. The van der Waals surface area contributed by atoms with E-state index in [1.165, 1.54) is 18.9 Å². The number of fused-ring (bicyclic) bond motifs is 3. The number of rotatable bonds is 21. The molecule has 21 nitrogen and oxygen atoms in total. The Hall–Kier alpha value is -10.8. The van der Waals surface area contributed by atoms with Gasteiger partial charge < -0.3 is 43.1 Å². The zero-order chi connectivity index (χ0) is 63.5. The highest BCUT2D eigenvalue weighted by atomic mass is 19.3. The third-order valence-electron chi connectivity index (χ3n) is 15.1. The molecule has 6 aromatic heterocycles. The summed E-state index contributed by atoms with van der Waals surface area (Å²) in [5, 5.41) is 12.7. The van der Waals surface area contributed by atoms with E-state index >= 15 is 0 Å². The van der Waals surface area contributed by atoms with Gasteiger partial charge in [-0.1, -0.05) is 6.07 Å². The lowest BCUT2D eigenvalue weighted by atomic mass is 10.2.